The van der Waals surface area contributed by atoms with Gasteiger partial charge in [-0.3, -0.25) is 4.79 Å². The van der Waals surface area contributed by atoms with Gasteiger partial charge in [0.25, 0.3) is 0 Å². The van der Waals surface area contributed by atoms with Crippen LogP contribution in [0.2, 0.25) is 0 Å². The van der Waals surface area contributed by atoms with E-state index >= 15 is 0 Å². The highest BCUT2D eigenvalue weighted by Crippen LogP contribution is 2.17. The van der Waals surface area contributed by atoms with Crippen molar-refractivity contribution in [3.05, 3.63) is 54.1 Å². The van der Waals surface area contributed by atoms with Crippen molar-refractivity contribution in [2.45, 2.75) is 33.1 Å². The van der Waals surface area contributed by atoms with Crippen molar-refractivity contribution in [3.8, 4) is 0 Å². The molecule has 1 atom stereocenters. The first kappa shape index (κ1) is 16.4. The Morgan fingerprint density at radius 1 is 1.25 bits per heavy atom. The first-order valence-electron chi connectivity index (χ1n) is 7.22. The molecule has 1 aromatic carbocycles. The fourth-order valence-corrected chi connectivity index (χ4v) is 1.98. The van der Waals surface area contributed by atoms with Crippen LogP contribution in [0.3, 0.4) is 0 Å². The highest BCUT2D eigenvalue weighted by atomic mass is 16.2. The van der Waals surface area contributed by atoms with Crippen molar-refractivity contribution in [2.24, 2.45) is 5.92 Å². The third-order valence-electron chi connectivity index (χ3n) is 3.32. The molecule has 0 saturated carbocycles. The maximum Gasteiger partial charge on any atom is 0.139 e. The van der Waals surface area contributed by atoms with Crippen LogP contribution in [0.4, 0.5) is 0 Å². The Labute approximate surface area is 121 Å². The van der Waals surface area contributed by atoms with Gasteiger partial charge >= 0.3 is 0 Å². The van der Waals surface area contributed by atoms with E-state index in [9.17, 15) is 4.79 Å². The van der Waals surface area contributed by atoms with Crippen molar-refractivity contribution in [1.82, 2.24) is 0 Å². The second-order valence-electron chi connectivity index (χ2n) is 4.90. The monoisotopic (exact) mass is 272 g/mol. The topological polar surface area (TPSA) is 37.3 Å². The lowest BCUT2D eigenvalue weighted by atomic mass is 9.98. The van der Waals surface area contributed by atoms with Crippen LogP contribution in [-0.4, -0.2) is 17.5 Å². The second-order valence-corrected chi connectivity index (χ2v) is 4.90. The second kappa shape index (κ2) is 9.27. The van der Waals surface area contributed by atoms with E-state index in [1.807, 2.05) is 44.2 Å². The molecule has 0 fully saturated rings. The predicted octanol–water partition coefficient (Wildman–Crippen LogP) is 4.01. The summed E-state index contributed by atoms with van der Waals surface area (Å²) in [5.41, 5.74) is 2.28. The molecule has 1 aromatic rings. The first-order valence-corrected chi connectivity index (χ1v) is 7.22. The van der Waals surface area contributed by atoms with Gasteiger partial charge in [-0.25, -0.2) is 0 Å². The molecule has 1 rings (SSSR count). The lowest BCUT2D eigenvalue weighted by Crippen LogP contribution is -2.08. The first-order chi connectivity index (χ1) is 9.69. The molecule has 2 heteroatoms. The van der Waals surface area contributed by atoms with Crippen LogP contribution in [0, 0.1) is 5.92 Å². The summed E-state index contributed by atoms with van der Waals surface area (Å²) in [6.45, 7) is 4.09. The molecule has 0 amide bonds. The quantitative estimate of drug-likeness (QED) is 0.573. The van der Waals surface area contributed by atoms with Gasteiger partial charge in [-0.15, -0.1) is 0 Å². The zero-order chi connectivity index (χ0) is 14.8. The number of aliphatic hydroxyl groups is 1. The smallest absolute Gasteiger partial charge is 0.139 e. The van der Waals surface area contributed by atoms with Crippen LogP contribution >= 0.6 is 0 Å². The Morgan fingerprint density at radius 3 is 2.55 bits per heavy atom. The number of allylic oxidation sites excluding steroid dienone is 4. The Balaban J connectivity index is 2.59. The van der Waals surface area contributed by atoms with E-state index in [0.717, 1.165) is 17.6 Å². The number of hydrogen-bond acceptors (Lipinski definition) is 2. The van der Waals surface area contributed by atoms with Crippen molar-refractivity contribution in [3.63, 3.8) is 0 Å². The highest BCUT2D eigenvalue weighted by molar-refractivity contribution is 5.83. The van der Waals surface area contributed by atoms with Crippen molar-refractivity contribution in [2.75, 3.05) is 6.61 Å². The summed E-state index contributed by atoms with van der Waals surface area (Å²) in [6.07, 6.45) is 8.04. The Morgan fingerprint density at radius 2 is 1.95 bits per heavy atom. The van der Waals surface area contributed by atoms with Crippen LogP contribution in [-0.2, 0) is 4.79 Å². The molecule has 20 heavy (non-hydrogen) atoms. The van der Waals surface area contributed by atoms with Crippen LogP contribution in [0.5, 0.6) is 0 Å². The van der Waals surface area contributed by atoms with Crippen LogP contribution in [0.1, 0.15) is 38.7 Å². The minimum atomic E-state index is -0.0765. The maximum absolute atomic E-state index is 11.9. The molecule has 0 bridgehead atoms. The summed E-state index contributed by atoms with van der Waals surface area (Å²) in [4.78, 5) is 11.9. The number of benzene rings is 1. The number of ketones is 1. The number of hydrogen-bond donors (Lipinski definition) is 1. The van der Waals surface area contributed by atoms with E-state index in [1.165, 1.54) is 0 Å². The largest absolute Gasteiger partial charge is 0.396 e. The third-order valence-corrected chi connectivity index (χ3v) is 3.32. The summed E-state index contributed by atoms with van der Waals surface area (Å²) in [7, 11) is 0. The Kier molecular flexibility index (Phi) is 7.59. The van der Waals surface area contributed by atoms with Crippen LogP contribution in [0.15, 0.2) is 48.6 Å². The molecule has 0 radical (unpaired) electrons. The fourth-order valence-electron chi connectivity index (χ4n) is 1.98. The number of unbranched alkanes of at least 4 members (excludes halogenated alkanes) is 1. The molecule has 0 saturated heterocycles. The van der Waals surface area contributed by atoms with Gasteiger partial charge < -0.3 is 5.11 Å². The number of carbonyl (C=O) groups excluding carboxylic acids is 1. The molecule has 108 valence electrons. The molecule has 0 aromatic heterocycles. The predicted molar refractivity (Wildman–Crippen MR) is 84.3 cm³/mol. The van der Waals surface area contributed by atoms with Gasteiger partial charge in [0.2, 0.25) is 0 Å². The van der Waals surface area contributed by atoms with Crippen LogP contribution in [0.25, 0.3) is 5.57 Å². The Hall–Kier alpha value is -1.67. The van der Waals surface area contributed by atoms with E-state index in [-0.39, 0.29) is 18.3 Å². The van der Waals surface area contributed by atoms with Gasteiger partial charge in [0.1, 0.15) is 5.78 Å². The van der Waals surface area contributed by atoms with Crippen LogP contribution < -0.4 is 0 Å². The van der Waals surface area contributed by atoms with E-state index in [1.54, 1.807) is 0 Å². The maximum atomic E-state index is 11.9. The molecule has 1 N–H and O–H groups in total. The van der Waals surface area contributed by atoms with Gasteiger partial charge in [-0.05, 0) is 30.9 Å². The average molecular weight is 272 g/mol. The molecule has 1 unspecified atom stereocenters. The molecule has 0 aliphatic heterocycles. The molecule has 2 nitrogen and oxygen atoms in total. The summed E-state index contributed by atoms with van der Waals surface area (Å²) in [5.74, 6) is 0.158. The lowest BCUT2D eigenvalue weighted by molar-refractivity contribution is -0.121. The van der Waals surface area contributed by atoms with Gasteiger partial charge in [-0.2, -0.15) is 0 Å². The van der Waals surface area contributed by atoms with Gasteiger partial charge in [0.15, 0.2) is 0 Å². The fraction of sp³-hybridized carbons (Fsp3) is 0.389. The zero-order valence-electron chi connectivity index (χ0n) is 12.4. The highest BCUT2D eigenvalue weighted by Gasteiger charge is 2.09. The normalized spacial score (nSPS) is 13.7. The summed E-state index contributed by atoms with van der Waals surface area (Å²) < 4.78 is 0. The molecular formula is C18H24O2. The molecule has 0 aliphatic carbocycles. The minimum Gasteiger partial charge on any atom is -0.396 e. The minimum absolute atomic E-state index is 0.0765. The number of Topliss-reactive ketones (excluding diaryl/α,β-unsaturated/α-hetero) is 1. The summed E-state index contributed by atoms with van der Waals surface area (Å²) in [5, 5.41) is 8.72. The van der Waals surface area contributed by atoms with Crippen molar-refractivity contribution in [1.29, 1.82) is 0 Å². The Bertz CT molecular complexity index is 458. The number of carbonyl (C=O) groups is 1. The lowest BCUT2D eigenvalue weighted by Gasteiger charge is -2.06. The summed E-state index contributed by atoms with van der Waals surface area (Å²) >= 11 is 0. The molecule has 0 aliphatic rings. The standard InChI is InChI=1S/C18H24O2/c1-3-16(17-9-5-4-6-10-17)13-12-15(2)18(20)11-7-8-14-19/h3-6,9-10,12-13,15,19H,7-8,11,14H2,1-2H3/b13-12-,16-3+. The SMILES string of the molecule is C/C=C(\C=C/C(C)C(=O)CCCCO)c1ccccc1. The third kappa shape index (κ3) is 5.54. The van der Waals surface area contributed by atoms with Crippen molar-refractivity contribution >= 4 is 11.4 Å². The van der Waals surface area contributed by atoms with E-state index in [4.69, 9.17) is 5.11 Å². The van der Waals surface area contributed by atoms with Gasteiger partial charge in [0, 0.05) is 18.9 Å². The molecule has 0 spiro atoms. The molecule has 0 heterocycles. The van der Waals surface area contributed by atoms with Gasteiger partial charge in [0.05, 0.1) is 0 Å². The molecular weight excluding hydrogens is 248 g/mol. The van der Waals surface area contributed by atoms with Gasteiger partial charge in [-0.1, -0.05) is 55.5 Å². The number of aliphatic hydroxyl groups excluding tert-OH is 1. The van der Waals surface area contributed by atoms with E-state index in [0.29, 0.717) is 12.8 Å². The summed E-state index contributed by atoms with van der Waals surface area (Å²) in [6, 6.07) is 10.1. The number of rotatable bonds is 8. The van der Waals surface area contributed by atoms with E-state index in [2.05, 4.69) is 18.2 Å². The van der Waals surface area contributed by atoms with E-state index < -0.39 is 0 Å². The zero-order valence-corrected chi connectivity index (χ0v) is 12.4. The van der Waals surface area contributed by atoms with Crippen molar-refractivity contribution < 1.29 is 9.90 Å². The average Bonchev–Trinajstić information content (AvgIpc) is 2.49.